The van der Waals surface area contributed by atoms with Gasteiger partial charge < -0.3 is 9.67 Å². The summed E-state index contributed by atoms with van der Waals surface area (Å²) in [7, 11) is 4.26. The van der Waals surface area contributed by atoms with E-state index < -0.39 is 0 Å². The van der Waals surface area contributed by atoms with Crippen LogP contribution in [0, 0.1) is 30.9 Å². The fourth-order valence-corrected chi connectivity index (χ4v) is 7.40. The summed E-state index contributed by atoms with van der Waals surface area (Å²) in [6.07, 6.45) is 10.1. The van der Waals surface area contributed by atoms with Crippen LogP contribution in [0.1, 0.15) is 99.1 Å². The SMILES string of the molecule is CCC(CC)C(=O)/C=C(\O)C(CC)CC.[CH2-][n+]1ccc(-c2cc3scc(CC(C)C)c3cn2)cc1-c1[c-]c2ccccc2c(C(C)(C)C)c1.[Ir]. The molecule has 0 aliphatic rings. The number of benzene rings is 2. The Balaban J connectivity index is 0.000000361. The fourth-order valence-electron chi connectivity index (χ4n) is 6.42. The third-order valence-electron chi connectivity index (χ3n) is 9.44. The molecule has 0 spiro atoms. The van der Waals surface area contributed by atoms with Gasteiger partial charge in [-0.3, -0.25) is 9.78 Å². The summed E-state index contributed by atoms with van der Waals surface area (Å²) in [5.41, 5.74) is 6.90. The first-order valence-corrected chi connectivity index (χ1v) is 18.8. The fraction of sp³-hybridized carbons (Fsp3) is 0.409. The van der Waals surface area contributed by atoms with Crippen molar-refractivity contribution in [2.45, 2.75) is 99.8 Å². The van der Waals surface area contributed by atoms with Gasteiger partial charge in [-0.1, -0.05) is 91.5 Å². The average Bonchev–Trinajstić information content (AvgIpc) is 3.46. The Kier molecular flexibility index (Phi) is 15.0. The number of aromatic nitrogens is 2. The van der Waals surface area contributed by atoms with Crippen LogP contribution >= 0.6 is 11.3 Å². The zero-order valence-electron chi connectivity index (χ0n) is 31.4. The summed E-state index contributed by atoms with van der Waals surface area (Å²) in [6, 6.07) is 21.0. The minimum Gasteiger partial charge on any atom is -0.512 e. The number of thiophene rings is 1. The molecule has 3 aromatic heterocycles. The smallest absolute Gasteiger partial charge is 0.162 e. The van der Waals surface area contributed by atoms with Crippen molar-refractivity contribution in [3.63, 3.8) is 0 Å². The molecule has 5 aromatic rings. The van der Waals surface area contributed by atoms with Crippen LogP contribution in [0.3, 0.4) is 0 Å². The van der Waals surface area contributed by atoms with Gasteiger partial charge in [0.25, 0.3) is 0 Å². The molecule has 0 fully saturated rings. The summed E-state index contributed by atoms with van der Waals surface area (Å²) >= 11 is 1.81. The van der Waals surface area contributed by atoms with Crippen molar-refractivity contribution in [2.24, 2.45) is 17.8 Å². The van der Waals surface area contributed by atoms with Gasteiger partial charge in [0.15, 0.2) is 5.78 Å². The predicted octanol–water partition coefficient (Wildman–Crippen LogP) is 11.9. The Bertz CT molecular complexity index is 1910. The number of nitrogens with zero attached hydrogens (tertiary/aromatic N) is 2. The van der Waals surface area contributed by atoms with E-state index >= 15 is 0 Å². The van der Waals surface area contributed by atoms with Crippen molar-refractivity contribution in [3.8, 4) is 22.5 Å². The summed E-state index contributed by atoms with van der Waals surface area (Å²) in [6.45, 7) is 19.4. The van der Waals surface area contributed by atoms with Crippen LogP contribution in [0.15, 0.2) is 78.1 Å². The van der Waals surface area contributed by atoms with E-state index in [4.69, 9.17) is 4.98 Å². The number of hydrogen-bond donors (Lipinski definition) is 1. The number of carbonyl (C=O) groups is 1. The summed E-state index contributed by atoms with van der Waals surface area (Å²) in [4.78, 5) is 16.6. The van der Waals surface area contributed by atoms with E-state index in [0.29, 0.717) is 5.92 Å². The van der Waals surface area contributed by atoms with E-state index in [1.165, 1.54) is 32.7 Å². The van der Waals surface area contributed by atoms with Crippen LogP contribution in [0.4, 0.5) is 0 Å². The average molecular weight is 868 g/mol. The van der Waals surface area contributed by atoms with E-state index in [0.717, 1.165) is 60.0 Å². The van der Waals surface area contributed by atoms with E-state index in [1.807, 2.05) is 56.0 Å². The second-order valence-electron chi connectivity index (χ2n) is 14.6. The summed E-state index contributed by atoms with van der Waals surface area (Å²) in [5, 5.41) is 15.7. The topological polar surface area (TPSA) is 54.1 Å². The first-order valence-electron chi connectivity index (χ1n) is 17.9. The molecule has 1 radical (unpaired) electrons. The predicted molar refractivity (Wildman–Crippen MR) is 209 cm³/mol. The minimum atomic E-state index is 0. The van der Waals surface area contributed by atoms with Crippen molar-refractivity contribution < 1.29 is 34.6 Å². The van der Waals surface area contributed by atoms with Gasteiger partial charge >= 0.3 is 0 Å². The molecule has 5 rings (SSSR count). The molecule has 2 aromatic carbocycles. The molecule has 50 heavy (non-hydrogen) atoms. The Morgan fingerprint density at radius 2 is 1.64 bits per heavy atom. The quantitative estimate of drug-likeness (QED) is 0.0623. The monoisotopic (exact) mass is 868 g/mol. The van der Waals surface area contributed by atoms with Gasteiger partial charge in [0.2, 0.25) is 0 Å². The molecular formula is C44H55IrN2O2S-. The van der Waals surface area contributed by atoms with Crippen LogP contribution in [-0.2, 0) is 36.7 Å². The molecule has 1 N–H and O–H groups in total. The van der Waals surface area contributed by atoms with Crippen molar-refractivity contribution in [2.75, 3.05) is 0 Å². The molecule has 6 heteroatoms. The van der Waals surface area contributed by atoms with E-state index in [9.17, 15) is 9.90 Å². The third-order valence-corrected chi connectivity index (χ3v) is 10.4. The van der Waals surface area contributed by atoms with Crippen LogP contribution < -0.4 is 4.57 Å². The van der Waals surface area contributed by atoms with Crippen LogP contribution in [0.5, 0.6) is 0 Å². The number of pyridine rings is 2. The first-order chi connectivity index (χ1) is 23.3. The van der Waals surface area contributed by atoms with Gasteiger partial charge in [-0.2, -0.15) is 0 Å². The first kappa shape index (κ1) is 41.1. The van der Waals surface area contributed by atoms with Crippen LogP contribution in [-0.4, -0.2) is 15.9 Å². The van der Waals surface area contributed by atoms with E-state index in [2.05, 4.69) is 102 Å². The molecular weight excluding hydrogens is 813 g/mol. The van der Waals surface area contributed by atoms with Crippen molar-refractivity contribution >= 4 is 38.0 Å². The maximum absolute atomic E-state index is 11.7. The summed E-state index contributed by atoms with van der Waals surface area (Å²) < 4.78 is 3.22. The molecule has 4 nitrogen and oxygen atoms in total. The molecule has 269 valence electrons. The number of ketones is 1. The number of hydrogen-bond acceptors (Lipinski definition) is 4. The van der Waals surface area contributed by atoms with Gasteiger partial charge in [-0.05, 0) is 78.1 Å². The Morgan fingerprint density at radius 3 is 2.26 bits per heavy atom. The van der Waals surface area contributed by atoms with Gasteiger partial charge in [0.05, 0.1) is 17.6 Å². The van der Waals surface area contributed by atoms with E-state index in [1.54, 1.807) is 0 Å². The molecule has 0 atom stereocenters. The largest absolute Gasteiger partial charge is 0.512 e. The number of fused-ring (bicyclic) bond motifs is 2. The second-order valence-corrected chi connectivity index (χ2v) is 15.5. The number of aliphatic hydroxyl groups is 1. The van der Waals surface area contributed by atoms with Gasteiger partial charge in [0, 0.05) is 61.3 Å². The minimum absolute atomic E-state index is 0. The summed E-state index contributed by atoms with van der Waals surface area (Å²) in [5.74, 6) is 1.18. The van der Waals surface area contributed by atoms with Gasteiger partial charge in [-0.25, -0.2) is 0 Å². The Morgan fingerprint density at radius 1 is 0.980 bits per heavy atom. The number of allylic oxidation sites excluding steroid dienone is 2. The molecule has 0 aliphatic carbocycles. The number of rotatable bonds is 11. The van der Waals surface area contributed by atoms with Crippen LogP contribution in [0.25, 0.3) is 43.4 Å². The molecule has 0 saturated carbocycles. The zero-order valence-corrected chi connectivity index (χ0v) is 34.6. The van der Waals surface area contributed by atoms with Crippen molar-refractivity contribution in [3.05, 3.63) is 102 Å². The Labute approximate surface area is 318 Å². The molecule has 0 aliphatic heterocycles. The normalized spacial score (nSPS) is 12.0. The molecule has 0 amide bonds. The second kappa shape index (κ2) is 18.3. The van der Waals surface area contributed by atoms with Crippen molar-refractivity contribution in [1.82, 2.24) is 4.98 Å². The Hall–Kier alpha value is -3.31. The van der Waals surface area contributed by atoms with Gasteiger partial charge in [0.1, 0.15) is 5.69 Å². The zero-order chi connectivity index (χ0) is 35.9. The molecule has 0 unspecified atom stereocenters. The van der Waals surface area contributed by atoms with Crippen LogP contribution in [0.2, 0.25) is 0 Å². The number of aliphatic hydroxyl groups excluding tert-OH is 1. The molecule has 3 heterocycles. The number of carbonyl (C=O) groups excluding carboxylic acids is 1. The third kappa shape index (κ3) is 9.93. The van der Waals surface area contributed by atoms with Crippen molar-refractivity contribution in [1.29, 1.82) is 0 Å². The molecule has 0 saturated heterocycles. The molecule has 0 bridgehead atoms. The standard InChI is InChI=1S/C31H31N2S.C13H24O2.Ir/c1-20(2)13-24-19-34-30-17-28(32-18-26(24)30)22-11-12-33(6)29(16-22)23-14-21-9-7-8-10-25(21)27(15-23)31(3,4)5;1-5-10(6-2)12(14)9-13(15)11(7-3)8-4;/h7-12,15-20H,6,13H2,1-5H3;9-11,14H,5-8H2,1-4H3;/q-1;;/b;12-9-;. The van der Waals surface area contributed by atoms with E-state index in [-0.39, 0.29) is 48.9 Å². The maximum Gasteiger partial charge on any atom is 0.162 e. The van der Waals surface area contributed by atoms with Gasteiger partial charge in [-0.15, -0.1) is 40.5 Å². The maximum atomic E-state index is 11.7.